The van der Waals surface area contributed by atoms with Crippen LogP contribution in [0.3, 0.4) is 0 Å². The normalized spacial score (nSPS) is 11.1. The summed E-state index contributed by atoms with van der Waals surface area (Å²) in [5, 5.41) is 11.7. The molecule has 0 aliphatic rings. The van der Waals surface area contributed by atoms with Crippen LogP contribution in [-0.4, -0.2) is 27.3 Å². The van der Waals surface area contributed by atoms with Crippen molar-refractivity contribution < 1.29 is 9.13 Å². The first-order valence-corrected chi connectivity index (χ1v) is 7.35. The molecule has 4 aromatic rings. The van der Waals surface area contributed by atoms with Gasteiger partial charge in [0.15, 0.2) is 0 Å². The van der Waals surface area contributed by atoms with Gasteiger partial charge >= 0.3 is 0 Å². The van der Waals surface area contributed by atoms with Gasteiger partial charge in [0.25, 0.3) is 0 Å². The van der Waals surface area contributed by atoms with Gasteiger partial charge in [-0.3, -0.25) is 5.10 Å². The van der Waals surface area contributed by atoms with Crippen LogP contribution in [0.25, 0.3) is 21.8 Å². The first kappa shape index (κ1) is 14.4. The van der Waals surface area contributed by atoms with E-state index in [0.29, 0.717) is 22.8 Å². The zero-order chi connectivity index (χ0) is 16.7. The van der Waals surface area contributed by atoms with Gasteiger partial charge in [-0.1, -0.05) is 0 Å². The van der Waals surface area contributed by atoms with Crippen molar-refractivity contribution in [3.05, 3.63) is 48.0 Å². The minimum absolute atomic E-state index is 0.285. The molecular formula is C17H14FN5O. The predicted octanol–water partition coefficient (Wildman–Crippen LogP) is 3.71. The summed E-state index contributed by atoms with van der Waals surface area (Å²) in [4.78, 5) is 8.71. The van der Waals surface area contributed by atoms with Crippen LogP contribution in [0.15, 0.2) is 36.7 Å². The molecule has 0 bridgehead atoms. The Hall–Kier alpha value is -3.22. The van der Waals surface area contributed by atoms with E-state index < -0.39 is 0 Å². The Kier molecular flexibility index (Phi) is 3.26. The Morgan fingerprint density at radius 1 is 1.21 bits per heavy atom. The summed E-state index contributed by atoms with van der Waals surface area (Å²) in [5.41, 5.74) is 2.67. The summed E-state index contributed by atoms with van der Waals surface area (Å²) in [5.74, 6) is 0.789. The zero-order valence-electron chi connectivity index (χ0n) is 13.1. The van der Waals surface area contributed by atoms with E-state index in [9.17, 15) is 4.39 Å². The van der Waals surface area contributed by atoms with E-state index in [0.717, 1.165) is 22.0 Å². The molecule has 24 heavy (non-hydrogen) atoms. The van der Waals surface area contributed by atoms with E-state index in [1.54, 1.807) is 32.5 Å². The number of fused-ring (bicyclic) bond motifs is 2. The molecular weight excluding hydrogens is 309 g/mol. The Morgan fingerprint density at radius 3 is 2.92 bits per heavy atom. The topological polar surface area (TPSA) is 75.7 Å². The van der Waals surface area contributed by atoms with Gasteiger partial charge < -0.3 is 10.1 Å². The molecule has 2 aromatic carbocycles. The summed E-state index contributed by atoms with van der Waals surface area (Å²) in [6, 6.07) is 6.81. The molecule has 2 heterocycles. The fourth-order valence-corrected chi connectivity index (χ4v) is 2.66. The Labute approximate surface area is 136 Å². The number of anilines is 2. The zero-order valence-corrected chi connectivity index (χ0v) is 13.1. The maximum Gasteiger partial charge on any atom is 0.227 e. The third-order valence-electron chi connectivity index (χ3n) is 3.94. The van der Waals surface area contributed by atoms with Crippen molar-refractivity contribution in [1.82, 2.24) is 20.2 Å². The van der Waals surface area contributed by atoms with Crippen LogP contribution in [0.4, 0.5) is 16.0 Å². The maximum absolute atomic E-state index is 13.7. The molecule has 0 spiro atoms. The molecule has 4 rings (SSSR count). The van der Waals surface area contributed by atoms with Crippen LogP contribution in [-0.2, 0) is 0 Å². The Morgan fingerprint density at radius 2 is 2.08 bits per heavy atom. The fourth-order valence-electron chi connectivity index (χ4n) is 2.66. The van der Waals surface area contributed by atoms with Crippen molar-refractivity contribution in [2.45, 2.75) is 6.92 Å². The first-order chi connectivity index (χ1) is 11.7. The molecule has 6 nitrogen and oxygen atoms in total. The number of ether oxygens (including phenoxy) is 1. The molecule has 0 fully saturated rings. The summed E-state index contributed by atoms with van der Waals surface area (Å²) in [6.45, 7) is 1.70. The highest BCUT2D eigenvalue weighted by molar-refractivity contribution is 5.89. The molecule has 0 aliphatic carbocycles. The monoisotopic (exact) mass is 323 g/mol. The number of H-pyrrole nitrogens is 1. The van der Waals surface area contributed by atoms with Gasteiger partial charge in [-0.2, -0.15) is 5.10 Å². The number of aromatic nitrogens is 4. The molecule has 0 amide bonds. The second-order valence-electron chi connectivity index (χ2n) is 5.44. The van der Waals surface area contributed by atoms with Crippen LogP contribution in [0.5, 0.6) is 5.75 Å². The average Bonchev–Trinajstić information content (AvgIpc) is 3.06. The van der Waals surface area contributed by atoms with Crippen LogP contribution in [0.2, 0.25) is 0 Å². The number of nitrogens with zero attached hydrogens (tertiary/aromatic N) is 3. The van der Waals surface area contributed by atoms with Crippen LogP contribution in [0.1, 0.15) is 5.56 Å². The predicted molar refractivity (Wildman–Crippen MR) is 90.2 cm³/mol. The lowest BCUT2D eigenvalue weighted by atomic mass is 10.1. The lowest BCUT2D eigenvalue weighted by Gasteiger charge is -2.09. The molecule has 2 N–H and O–H groups in total. The van der Waals surface area contributed by atoms with E-state index in [1.807, 2.05) is 12.1 Å². The number of hydrogen-bond donors (Lipinski definition) is 2. The standard InChI is InChI=1S/C17H14FN5O/c1-9-13(18)4-3-10-7-19-17(22-16(9)10)21-11-5-14-12(8-20-23-14)15(6-11)24-2/h3-8H,1-2H3,(H,20,23)(H,19,21,22). The largest absolute Gasteiger partial charge is 0.496 e. The average molecular weight is 323 g/mol. The van der Waals surface area contributed by atoms with Crippen molar-refractivity contribution in [1.29, 1.82) is 0 Å². The van der Waals surface area contributed by atoms with Crippen molar-refractivity contribution >= 4 is 33.4 Å². The van der Waals surface area contributed by atoms with Gasteiger partial charge in [0.1, 0.15) is 11.6 Å². The van der Waals surface area contributed by atoms with Crippen LogP contribution >= 0.6 is 0 Å². The number of methoxy groups -OCH3 is 1. The maximum atomic E-state index is 13.7. The molecule has 0 unspecified atom stereocenters. The van der Waals surface area contributed by atoms with E-state index in [1.165, 1.54) is 6.07 Å². The molecule has 7 heteroatoms. The lowest BCUT2D eigenvalue weighted by Crippen LogP contribution is -1.99. The quantitative estimate of drug-likeness (QED) is 0.601. The van der Waals surface area contributed by atoms with E-state index >= 15 is 0 Å². The Bertz CT molecular complexity index is 1060. The van der Waals surface area contributed by atoms with Gasteiger partial charge in [-0.15, -0.1) is 0 Å². The number of benzene rings is 2. The minimum Gasteiger partial charge on any atom is -0.496 e. The number of nitrogens with one attached hydrogen (secondary N) is 2. The van der Waals surface area contributed by atoms with Crippen molar-refractivity contribution in [2.24, 2.45) is 0 Å². The number of halogens is 1. The molecule has 0 radical (unpaired) electrons. The number of aryl methyl sites for hydroxylation is 1. The van der Waals surface area contributed by atoms with Gasteiger partial charge in [0.2, 0.25) is 5.95 Å². The Balaban J connectivity index is 1.77. The molecule has 2 aromatic heterocycles. The van der Waals surface area contributed by atoms with E-state index in [-0.39, 0.29) is 5.82 Å². The SMILES string of the molecule is COc1cc(Nc2ncc3ccc(F)c(C)c3n2)cc2[nH]ncc12. The summed E-state index contributed by atoms with van der Waals surface area (Å²) >= 11 is 0. The van der Waals surface area contributed by atoms with E-state index in [4.69, 9.17) is 4.74 Å². The summed E-state index contributed by atoms with van der Waals surface area (Å²) in [7, 11) is 1.60. The first-order valence-electron chi connectivity index (χ1n) is 7.35. The van der Waals surface area contributed by atoms with E-state index in [2.05, 4.69) is 25.5 Å². The molecule has 0 saturated carbocycles. The van der Waals surface area contributed by atoms with Crippen LogP contribution < -0.4 is 10.1 Å². The summed E-state index contributed by atoms with van der Waals surface area (Å²) in [6.07, 6.45) is 3.37. The summed E-state index contributed by atoms with van der Waals surface area (Å²) < 4.78 is 19.1. The minimum atomic E-state index is -0.285. The third kappa shape index (κ3) is 2.30. The fraction of sp³-hybridized carbons (Fsp3) is 0.118. The van der Waals surface area contributed by atoms with Crippen molar-refractivity contribution in [3.8, 4) is 5.75 Å². The highest BCUT2D eigenvalue weighted by Gasteiger charge is 2.10. The lowest BCUT2D eigenvalue weighted by molar-refractivity contribution is 0.420. The van der Waals surface area contributed by atoms with Gasteiger partial charge in [-0.05, 0) is 25.1 Å². The molecule has 0 aliphatic heterocycles. The van der Waals surface area contributed by atoms with Gasteiger partial charge in [-0.25, -0.2) is 14.4 Å². The molecule has 0 atom stereocenters. The van der Waals surface area contributed by atoms with Crippen molar-refractivity contribution in [3.63, 3.8) is 0 Å². The highest BCUT2D eigenvalue weighted by Crippen LogP contribution is 2.30. The van der Waals surface area contributed by atoms with Crippen molar-refractivity contribution in [2.75, 3.05) is 12.4 Å². The second-order valence-corrected chi connectivity index (χ2v) is 5.44. The van der Waals surface area contributed by atoms with Gasteiger partial charge in [0, 0.05) is 28.9 Å². The number of aromatic amines is 1. The van der Waals surface area contributed by atoms with Gasteiger partial charge in [0.05, 0.1) is 29.7 Å². The third-order valence-corrected chi connectivity index (χ3v) is 3.94. The number of rotatable bonds is 3. The molecule has 0 saturated heterocycles. The number of hydrogen-bond acceptors (Lipinski definition) is 5. The van der Waals surface area contributed by atoms with Crippen LogP contribution in [0, 0.1) is 12.7 Å². The molecule has 120 valence electrons. The smallest absolute Gasteiger partial charge is 0.227 e. The second kappa shape index (κ2) is 5.45. The highest BCUT2D eigenvalue weighted by atomic mass is 19.1.